The lowest BCUT2D eigenvalue weighted by atomic mass is 10.0. The monoisotopic (exact) mass is 272 g/mol. The van der Waals surface area contributed by atoms with Gasteiger partial charge in [-0.05, 0) is 44.1 Å². The third-order valence-corrected chi connectivity index (χ3v) is 3.97. The number of carbonyl (C=O) groups excluding carboxylic acids is 1. The van der Waals surface area contributed by atoms with Crippen LogP contribution in [0.1, 0.15) is 30.1 Å². The lowest BCUT2D eigenvalue weighted by Crippen LogP contribution is -2.47. The minimum Gasteiger partial charge on any atom is -0.348 e. The molecule has 2 N–H and O–H groups in total. The highest BCUT2D eigenvalue weighted by Gasteiger charge is 2.20. The van der Waals surface area contributed by atoms with E-state index in [2.05, 4.69) is 27.1 Å². The average Bonchev–Trinajstić information content (AvgIpc) is 2.94. The van der Waals surface area contributed by atoms with Gasteiger partial charge < -0.3 is 15.2 Å². The van der Waals surface area contributed by atoms with Crippen molar-refractivity contribution in [3.63, 3.8) is 0 Å². The zero-order valence-electron chi connectivity index (χ0n) is 11.7. The molecule has 1 aliphatic heterocycles. The van der Waals surface area contributed by atoms with E-state index in [1.54, 1.807) is 6.33 Å². The van der Waals surface area contributed by atoms with Crippen LogP contribution in [-0.2, 0) is 0 Å². The Labute approximate surface area is 118 Å². The lowest BCUT2D eigenvalue weighted by molar-refractivity contribution is 0.0906. The molecule has 5 nitrogen and oxygen atoms in total. The Kier molecular flexibility index (Phi) is 3.69. The first kappa shape index (κ1) is 13.1. The molecule has 20 heavy (non-hydrogen) atoms. The normalized spacial score (nSPS) is 20.1. The minimum absolute atomic E-state index is 0.00412. The Morgan fingerprint density at radius 2 is 2.45 bits per heavy atom. The molecule has 1 amide bonds. The molecule has 1 fully saturated rings. The van der Waals surface area contributed by atoms with Crippen molar-refractivity contribution in [1.82, 2.24) is 20.2 Å². The van der Waals surface area contributed by atoms with Gasteiger partial charge in [0.15, 0.2) is 0 Å². The average molecular weight is 272 g/mol. The standard InChI is InChI=1S/C15H20N4O/c1-2-19-7-3-4-12(9-19)18-15(20)11-5-6-13-14(8-11)17-10-16-13/h5-6,8,10,12H,2-4,7,9H2,1H3,(H,16,17)(H,18,20). The number of likely N-dealkylation sites (tertiary alicyclic amines) is 1. The number of aromatic nitrogens is 2. The van der Waals surface area contributed by atoms with Gasteiger partial charge in [-0.25, -0.2) is 4.98 Å². The maximum Gasteiger partial charge on any atom is 0.251 e. The number of rotatable bonds is 3. The van der Waals surface area contributed by atoms with Crippen molar-refractivity contribution in [3.8, 4) is 0 Å². The molecule has 5 heteroatoms. The first-order valence-electron chi connectivity index (χ1n) is 7.22. The van der Waals surface area contributed by atoms with Gasteiger partial charge in [0.05, 0.1) is 17.4 Å². The van der Waals surface area contributed by atoms with Crippen molar-refractivity contribution in [1.29, 1.82) is 0 Å². The van der Waals surface area contributed by atoms with E-state index >= 15 is 0 Å². The van der Waals surface area contributed by atoms with Gasteiger partial charge in [0.25, 0.3) is 5.91 Å². The molecule has 0 radical (unpaired) electrons. The van der Waals surface area contributed by atoms with Crippen LogP contribution in [0.5, 0.6) is 0 Å². The number of amides is 1. The van der Waals surface area contributed by atoms with E-state index in [9.17, 15) is 4.79 Å². The molecule has 2 heterocycles. The van der Waals surface area contributed by atoms with Crippen LogP contribution in [0.25, 0.3) is 11.0 Å². The van der Waals surface area contributed by atoms with E-state index in [1.165, 1.54) is 0 Å². The fourth-order valence-electron chi connectivity index (χ4n) is 2.81. The van der Waals surface area contributed by atoms with E-state index in [0.29, 0.717) is 5.56 Å². The summed E-state index contributed by atoms with van der Waals surface area (Å²) in [7, 11) is 0. The maximum atomic E-state index is 12.3. The van der Waals surface area contributed by atoms with Crippen LogP contribution < -0.4 is 5.32 Å². The van der Waals surface area contributed by atoms with E-state index in [1.807, 2.05) is 18.2 Å². The summed E-state index contributed by atoms with van der Waals surface area (Å²) in [6.07, 6.45) is 3.86. The van der Waals surface area contributed by atoms with Crippen LogP contribution in [0, 0.1) is 0 Å². The van der Waals surface area contributed by atoms with Gasteiger partial charge in [-0.2, -0.15) is 0 Å². The summed E-state index contributed by atoms with van der Waals surface area (Å²) in [6.45, 7) is 5.31. The predicted octanol–water partition coefficient (Wildman–Crippen LogP) is 1.78. The number of fused-ring (bicyclic) bond motifs is 1. The number of imidazole rings is 1. The Morgan fingerprint density at radius 1 is 1.55 bits per heavy atom. The Bertz CT molecular complexity index is 607. The number of piperidine rings is 1. The molecule has 1 aliphatic rings. The Hall–Kier alpha value is -1.88. The molecule has 1 aromatic carbocycles. The van der Waals surface area contributed by atoms with Crippen LogP contribution in [0.15, 0.2) is 24.5 Å². The highest BCUT2D eigenvalue weighted by Crippen LogP contribution is 2.13. The summed E-state index contributed by atoms with van der Waals surface area (Å²) < 4.78 is 0. The first-order chi connectivity index (χ1) is 9.76. The molecule has 1 unspecified atom stereocenters. The number of nitrogens with zero attached hydrogens (tertiary/aromatic N) is 2. The molecule has 1 aromatic heterocycles. The van der Waals surface area contributed by atoms with Gasteiger partial charge in [-0.3, -0.25) is 4.79 Å². The molecular weight excluding hydrogens is 252 g/mol. The fourth-order valence-corrected chi connectivity index (χ4v) is 2.81. The van der Waals surface area contributed by atoms with Gasteiger partial charge in [0, 0.05) is 18.2 Å². The number of hydrogen-bond donors (Lipinski definition) is 2. The Morgan fingerprint density at radius 3 is 3.30 bits per heavy atom. The van der Waals surface area contributed by atoms with Crippen LogP contribution >= 0.6 is 0 Å². The van der Waals surface area contributed by atoms with Crippen LogP contribution in [-0.4, -0.2) is 46.5 Å². The van der Waals surface area contributed by atoms with Gasteiger partial charge in [0.1, 0.15) is 0 Å². The number of hydrogen-bond acceptors (Lipinski definition) is 3. The Balaban J connectivity index is 1.69. The van der Waals surface area contributed by atoms with Crippen molar-refractivity contribution >= 4 is 16.9 Å². The summed E-state index contributed by atoms with van der Waals surface area (Å²) in [4.78, 5) is 21.9. The molecule has 0 aliphatic carbocycles. The summed E-state index contributed by atoms with van der Waals surface area (Å²) >= 11 is 0. The third kappa shape index (κ3) is 2.67. The van der Waals surface area contributed by atoms with Crippen molar-refractivity contribution in [3.05, 3.63) is 30.1 Å². The molecule has 3 rings (SSSR count). The number of carbonyl (C=O) groups is 1. The maximum absolute atomic E-state index is 12.3. The van der Waals surface area contributed by atoms with Crippen LogP contribution in [0.2, 0.25) is 0 Å². The van der Waals surface area contributed by atoms with Crippen molar-refractivity contribution < 1.29 is 4.79 Å². The smallest absolute Gasteiger partial charge is 0.251 e. The van der Waals surface area contributed by atoms with Gasteiger partial charge in [-0.1, -0.05) is 6.92 Å². The zero-order chi connectivity index (χ0) is 13.9. The molecule has 0 saturated carbocycles. The third-order valence-electron chi connectivity index (χ3n) is 3.97. The van der Waals surface area contributed by atoms with E-state index < -0.39 is 0 Å². The number of benzene rings is 1. The van der Waals surface area contributed by atoms with Crippen molar-refractivity contribution in [2.75, 3.05) is 19.6 Å². The fraction of sp³-hybridized carbons (Fsp3) is 0.467. The highest BCUT2D eigenvalue weighted by atomic mass is 16.1. The summed E-state index contributed by atoms with van der Waals surface area (Å²) in [5.41, 5.74) is 2.48. The second-order valence-electron chi connectivity index (χ2n) is 5.34. The lowest BCUT2D eigenvalue weighted by Gasteiger charge is -2.32. The molecule has 106 valence electrons. The highest BCUT2D eigenvalue weighted by molar-refractivity contribution is 5.97. The number of nitrogens with one attached hydrogen (secondary N) is 2. The number of likely N-dealkylation sites (N-methyl/N-ethyl adjacent to an activating group) is 1. The van der Waals surface area contributed by atoms with Crippen LogP contribution in [0.3, 0.4) is 0 Å². The number of aromatic amines is 1. The quantitative estimate of drug-likeness (QED) is 0.895. The largest absolute Gasteiger partial charge is 0.348 e. The molecule has 2 aromatic rings. The topological polar surface area (TPSA) is 61.0 Å². The molecule has 1 atom stereocenters. The zero-order valence-corrected chi connectivity index (χ0v) is 11.7. The summed E-state index contributed by atoms with van der Waals surface area (Å²) in [5, 5.41) is 3.14. The predicted molar refractivity (Wildman–Crippen MR) is 78.7 cm³/mol. The van der Waals surface area contributed by atoms with Crippen molar-refractivity contribution in [2.24, 2.45) is 0 Å². The molecule has 0 bridgehead atoms. The number of H-pyrrole nitrogens is 1. The van der Waals surface area contributed by atoms with E-state index in [4.69, 9.17) is 0 Å². The first-order valence-corrected chi connectivity index (χ1v) is 7.22. The van der Waals surface area contributed by atoms with Crippen molar-refractivity contribution in [2.45, 2.75) is 25.8 Å². The summed E-state index contributed by atoms with van der Waals surface area (Å²) in [5.74, 6) is 0.00412. The van der Waals surface area contributed by atoms with Gasteiger partial charge in [-0.15, -0.1) is 0 Å². The second-order valence-corrected chi connectivity index (χ2v) is 5.34. The van der Waals surface area contributed by atoms with Gasteiger partial charge >= 0.3 is 0 Å². The SMILES string of the molecule is CCN1CCCC(NC(=O)c2ccc3nc[nH]c3c2)C1. The molecule has 0 spiro atoms. The molecular formula is C15H20N4O. The minimum atomic E-state index is 0.00412. The van der Waals surface area contributed by atoms with E-state index in [0.717, 1.165) is 43.5 Å². The van der Waals surface area contributed by atoms with E-state index in [-0.39, 0.29) is 11.9 Å². The second kappa shape index (κ2) is 5.63. The summed E-state index contributed by atoms with van der Waals surface area (Å²) in [6, 6.07) is 5.82. The molecule has 1 saturated heterocycles. The van der Waals surface area contributed by atoms with Gasteiger partial charge in [0.2, 0.25) is 0 Å². The van der Waals surface area contributed by atoms with Crippen LogP contribution in [0.4, 0.5) is 0 Å².